The maximum Gasteiger partial charge on any atom is 0.268 e. The van der Waals surface area contributed by atoms with Crippen molar-refractivity contribution in [2.75, 3.05) is 31.1 Å². The lowest BCUT2D eigenvalue weighted by molar-refractivity contribution is 0.0929. The summed E-state index contributed by atoms with van der Waals surface area (Å²) in [5.41, 5.74) is 5.94. The summed E-state index contributed by atoms with van der Waals surface area (Å²) in [5.74, 6) is 1.75. The molecule has 2 aliphatic rings. The average molecular weight is 358 g/mol. The Bertz CT molecular complexity index is 663. The lowest BCUT2D eigenvalue weighted by Crippen LogP contribution is -2.41. The fraction of sp³-hybridized carbons (Fsp3) is 0.643. The second-order valence-corrected chi connectivity index (χ2v) is 9.08. The van der Waals surface area contributed by atoms with Gasteiger partial charge in [0.15, 0.2) is 0 Å². The Labute approximate surface area is 140 Å². The first-order valence-corrected chi connectivity index (χ1v) is 10.4. The van der Waals surface area contributed by atoms with Crippen molar-refractivity contribution >= 4 is 27.7 Å². The number of nitrogens with one attached hydrogen (secondary N) is 2. The van der Waals surface area contributed by atoms with Gasteiger partial charge in [-0.3, -0.25) is 4.79 Å². The molecule has 4 N–H and O–H groups in total. The minimum absolute atomic E-state index is 0.0371. The van der Waals surface area contributed by atoms with Crippen LogP contribution in [0.5, 0.6) is 0 Å². The van der Waals surface area contributed by atoms with E-state index in [0.717, 1.165) is 24.3 Å². The van der Waals surface area contributed by atoms with Gasteiger partial charge in [0.1, 0.15) is 10.6 Å². The predicted octanol–water partition coefficient (Wildman–Crippen LogP) is 0.219. The van der Waals surface area contributed by atoms with Crippen molar-refractivity contribution in [2.45, 2.75) is 23.8 Å². The van der Waals surface area contributed by atoms with Gasteiger partial charge in [0.05, 0.1) is 0 Å². The third-order valence-corrected chi connectivity index (χ3v) is 7.09. The molecule has 1 saturated carbocycles. The Balaban J connectivity index is 1.70. The van der Waals surface area contributed by atoms with E-state index < -0.39 is 10.0 Å². The van der Waals surface area contributed by atoms with E-state index in [1.807, 2.05) is 0 Å². The molecule has 23 heavy (non-hydrogen) atoms. The van der Waals surface area contributed by atoms with Crippen LogP contribution in [0.3, 0.4) is 0 Å². The van der Waals surface area contributed by atoms with Crippen LogP contribution in [0.1, 0.15) is 23.3 Å². The molecule has 3 rings (SSSR count). The number of carbonyl (C=O) groups is 1. The Morgan fingerprint density at radius 1 is 1.43 bits per heavy atom. The highest BCUT2D eigenvalue weighted by molar-refractivity contribution is 7.99. The maximum atomic E-state index is 12.6. The van der Waals surface area contributed by atoms with E-state index >= 15 is 0 Å². The van der Waals surface area contributed by atoms with Crippen LogP contribution in [0.2, 0.25) is 0 Å². The lowest BCUT2D eigenvalue weighted by atomic mass is 10.2. The highest BCUT2D eigenvalue weighted by Gasteiger charge is 2.32. The Hall–Kier alpha value is -1.03. The number of sulfonamides is 1. The van der Waals surface area contributed by atoms with Gasteiger partial charge in [-0.2, -0.15) is 16.1 Å². The lowest BCUT2D eigenvalue weighted by Gasteiger charge is -2.24. The minimum Gasteiger partial charge on any atom is -0.356 e. The second-order valence-electron chi connectivity index (χ2n) is 5.92. The van der Waals surface area contributed by atoms with Gasteiger partial charge < -0.3 is 16.0 Å². The smallest absolute Gasteiger partial charge is 0.268 e. The number of amides is 1. The molecule has 1 amide bonds. The minimum atomic E-state index is -3.53. The molecule has 1 aromatic heterocycles. The average Bonchev–Trinajstić information content (AvgIpc) is 3.28. The van der Waals surface area contributed by atoms with Gasteiger partial charge in [-0.1, -0.05) is 0 Å². The SMILES string of the molecule is NCC(NC(=O)c1cc(S(=O)(=O)N2CCSCC2)c[nH]1)C1CC1. The molecule has 0 spiro atoms. The summed E-state index contributed by atoms with van der Waals surface area (Å²) in [4.78, 5) is 15.2. The molecule has 1 aliphatic heterocycles. The molecule has 9 heteroatoms. The fourth-order valence-corrected chi connectivity index (χ4v) is 5.27. The van der Waals surface area contributed by atoms with Crippen LogP contribution in [-0.2, 0) is 10.0 Å². The van der Waals surface area contributed by atoms with Gasteiger partial charge in [-0.05, 0) is 24.8 Å². The molecule has 1 saturated heterocycles. The molecule has 2 heterocycles. The molecular weight excluding hydrogens is 336 g/mol. The summed E-state index contributed by atoms with van der Waals surface area (Å²) in [6, 6.07) is 1.37. The third kappa shape index (κ3) is 3.73. The number of H-pyrrole nitrogens is 1. The van der Waals surface area contributed by atoms with Crippen LogP contribution in [0.25, 0.3) is 0 Å². The summed E-state index contributed by atoms with van der Waals surface area (Å²) < 4.78 is 26.6. The van der Waals surface area contributed by atoms with Crippen molar-refractivity contribution in [1.29, 1.82) is 0 Å². The van der Waals surface area contributed by atoms with Gasteiger partial charge >= 0.3 is 0 Å². The van der Waals surface area contributed by atoms with Crippen molar-refractivity contribution in [3.05, 3.63) is 18.0 Å². The van der Waals surface area contributed by atoms with E-state index in [2.05, 4.69) is 10.3 Å². The number of aromatic nitrogens is 1. The molecule has 128 valence electrons. The highest BCUT2D eigenvalue weighted by Crippen LogP contribution is 2.32. The zero-order valence-corrected chi connectivity index (χ0v) is 14.5. The van der Waals surface area contributed by atoms with Gasteiger partial charge in [0.25, 0.3) is 5.91 Å². The van der Waals surface area contributed by atoms with Crippen molar-refractivity contribution in [3.63, 3.8) is 0 Å². The molecule has 0 bridgehead atoms. The zero-order chi connectivity index (χ0) is 16.4. The van der Waals surface area contributed by atoms with Gasteiger partial charge in [0.2, 0.25) is 10.0 Å². The number of thioether (sulfide) groups is 1. The van der Waals surface area contributed by atoms with Gasteiger partial charge in [0, 0.05) is 43.4 Å². The number of nitrogens with zero attached hydrogens (tertiary/aromatic N) is 1. The molecule has 1 aromatic rings. The van der Waals surface area contributed by atoms with E-state index in [1.54, 1.807) is 11.8 Å². The van der Waals surface area contributed by atoms with Gasteiger partial charge in [-0.15, -0.1) is 0 Å². The second kappa shape index (κ2) is 6.84. The number of carbonyl (C=O) groups excluding carboxylic acids is 1. The van der Waals surface area contributed by atoms with Crippen LogP contribution in [-0.4, -0.2) is 60.8 Å². The van der Waals surface area contributed by atoms with Crippen LogP contribution in [0, 0.1) is 5.92 Å². The standard InChI is InChI=1S/C14H22N4O3S2/c15-8-13(10-1-2-10)17-14(19)12-7-11(9-16-12)23(20,21)18-3-5-22-6-4-18/h7,9-10,13,16H,1-6,8,15H2,(H,17,19). The molecule has 1 aliphatic carbocycles. The van der Waals surface area contributed by atoms with E-state index in [-0.39, 0.29) is 22.5 Å². The molecule has 7 nitrogen and oxygen atoms in total. The first-order chi connectivity index (χ1) is 11.0. The van der Waals surface area contributed by atoms with Crippen LogP contribution >= 0.6 is 11.8 Å². The first kappa shape index (κ1) is 16.8. The summed E-state index contributed by atoms with van der Waals surface area (Å²) in [7, 11) is -3.53. The summed E-state index contributed by atoms with van der Waals surface area (Å²) in [6.45, 7) is 1.42. The molecule has 0 radical (unpaired) electrons. The summed E-state index contributed by atoms with van der Waals surface area (Å²) >= 11 is 1.75. The maximum absolute atomic E-state index is 12.6. The normalized spacial score (nSPS) is 21.1. The largest absolute Gasteiger partial charge is 0.356 e. The summed E-state index contributed by atoms with van der Waals surface area (Å²) in [6.07, 6.45) is 3.56. The molecule has 2 fully saturated rings. The van der Waals surface area contributed by atoms with E-state index in [9.17, 15) is 13.2 Å². The Kier molecular flexibility index (Phi) is 5.00. The monoisotopic (exact) mass is 358 g/mol. The Morgan fingerprint density at radius 3 is 2.74 bits per heavy atom. The van der Waals surface area contributed by atoms with Crippen molar-refractivity contribution in [1.82, 2.24) is 14.6 Å². The van der Waals surface area contributed by atoms with E-state index in [0.29, 0.717) is 25.6 Å². The van der Waals surface area contributed by atoms with Crippen LogP contribution in [0.15, 0.2) is 17.2 Å². The van der Waals surface area contributed by atoms with Crippen molar-refractivity contribution in [2.24, 2.45) is 11.7 Å². The number of hydrogen-bond acceptors (Lipinski definition) is 5. The number of nitrogens with two attached hydrogens (primary N) is 1. The summed E-state index contributed by atoms with van der Waals surface area (Å²) in [5, 5.41) is 2.88. The number of rotatable bonds is 6. The molecule has 1 unspecified atom stereocenters. The molecular formula is C14H22N4O3S2. The molecule has 0 aromatic carbocycles. The van der Waals surface area contributed by atoms with Crippen molar-refractivity contribution < 1.29 is 13.2 Å². The number of hydrogen-bond donors (Lipinski definition) is 3. The van der Waals surface area contributed by atoms with Gasteiger partial charge in [-0.25, -0.2) is 8.42 Å². The highest BCUT2D eigenvalue weighted by atomic mass is 32.2. The third-order valence-electron chi connectivity index (χ3n) is 4.27. The van der Waals surface area contributed by atoms with Crippen LogP contribution in [0.4, 0.5) is 0 Å². The van der Waals surface area contributed by atoms with E-state index in [1.165, 1.54) is 16.6 Å². The van der Waals surface area contributed by atoms with Crippen molar-refractivity contribution in [3.8, 4) is 0 Å². The zero-order valence-electron chi connectivity index (χ0n) is 12.8. The molecule has 1 atom stereocenters. The van der Waals surface area contributed by atoms with E-state index in [4.69, 9.17) is 5.73 Å². The van der Waals surface area contributed by atoms with Crippen LogP contribution < -0.4 is 11.1 Å². The predicted molar refractivity (Wildman–Crippen MR) is 89.9 cm³/mol. The fourth-order valence-electron chi connectivity index (χ4n) is 2.70. The quantitative estimate of drug-likeness (QED) is 0.674. The Morgan fingerprint density at radius 2 is 2.13 bits per heavy atom. The first-order valence-electron chi connectivity index (χ1n) is 7.79. The number of aromatic amines is 1. The topological polar surface area (TPSA) is 108 Å².